The lowest BCUT2D eigenvalue weighted by Crippen LogP contribution is -2.53. The highest BCUT2D eigenvalue weighted by atomic mass is 16.6. The lowest BCUT2D eigenvalue weighted by molar-refractivity contribution is -0.885. The Morgan fingerprint density at radius 1 is 0.617 bits per heavy atom. The maximum Gasteiger partial charge on any atom is 0.283 e. The zero-order chi connectivity index (χ0) is 34.5. The van der Waals surface area contributed by atoms with Crippen LogP contribution in [0.1, 0.15) is 146 Å². The number of para-hydroxylation sites is 2. The van der Waals surface area contributed by atoms with Gasteiger partial charge in [-0.2, -0.15) is 0 Å². The van der Waals surface area contributed by atoms with Gasteiger partial charge in [-0.1, -0.05) is 91.8 Å². The van der Waals surface area contributed by atoms with E-state index >= 15 is 0 Å². The second-order valence-corrected chi connectivity index (χ2v) is 15.4. The van der Waals surface area contributed by atoms with Crippen molar-refractivity contribution in [1.29, 1.82) is 0 Å². The predicted octanol–water partition coefficient (Wildman–Crippen LogP) is 8.88. The summed E-state index contributed by atoms with van der Waals surface area (Å²) >= 11 is 0. The van der Waals surface area contributed by atoms with E-state index in [9.17, 15) is 20.0 Å². The fourth-order valence-corrected chi connectivity index (χ4v) is 7.85. The zero-order valence-electron chi connectivity index (χ0n) is 30.2. The van der Waals surface area contributed by atoms with E-state index in [4.69, 9.17) is 0 Å². The summed E-state index contributed by atoms with van der Waals surface area (Å²) in [6.45, 7) is 18.6. The Hall–Kier alpha value is -2.78. The largest absolute Gasteiger partial charge is 0.632 e. The van der Waals surface area contributed by atoms with Crippen LogP contribution in [0.2, 0.25) is 0 Å². The third-order valence-electron chi connectivity index (χ3n) is 10.6. The molecule has 8 nitrogen and oxygen atoms in total. The van der Waals surface area contributed by atoms with Crippen molar-refractivity contribution in [3.63, 3.8) is 0 Å². The summed E-state index contributed by atoms with van der Waals surface area (Å²) in [5.74, 6) is 0.645. The molecule has 2 amide bonds. The van der Waals surface area contributed by atoms with E-state index in [0.29, 0.717) is 51.9 Å². The number of hydrogen-bond acceptors (Lipinski definition) is 4. The van der Waals surface area contributed by atoms with Gasteiger partial charge in [0.1, 0.15) is 0 Å². The smallest absolute Gasteiger partial charge is 0.283 e. The van der Waals surface area contributed by atoms with Gasteiger partial charge in [-0.15, -0.1) is 0 Å². The van der Waals surface area contributed by atoms with Crippen LogP contribution in [0, 0.1) is 10.4 Å². The fourth-order valence-electron chi connectivity index (χ4n) is 7.85. The van der Waals surface area contributed by atoms with Gasteiger partial charge in [0, 0.05) is 37.1 Å². The standard InChI is InChI=1S/C39H60N4O4/c1-26(2)30-16-12-17-31(27(3)4)36(30)40-38(44)34-20-14-24-42(34,46)22-10-9-11-23-43(47)25-15-21-35(43)39(45)41-37-32(28(5)6)18-13-19-33(37)29(7)8/h12-13,16-19,26-29,34-35H,9-11,14-15,20-25H2,1-8H3,(H,40,44)(H,41,45)/t34-,35-,42-,43-/m0/s1. The lowest BCUT2D eigenvalue weighted by Gasteiger charge is -2.44. The number of anilines is 2. The molecular formula is C39H60N4O4. The van der Waals surface area contributed by atoms with Crippen molar-refractivity contribution in [3.05, 3.63) is 69.1 Å². The summed E-state index contributed by atoms with van der Waals surface area (Å²) in [6.07, 6.45) is 4.69. The molecule has 0 spiro atoms. The van der Waals surface area contributed by atoms with Gasteiger partial charge in [0.2, 0.25) is 0 Å². The third-order valence-corrected chi connectivity index (χ3v) is 10.6. The van der Waals surface area contributed by atoms with Gasteiger partial charge in [-0.3, -0.25) is 9.59 Å². The Labute approximate surface area is 283 Å². The van der Waals surface area contributed by atoms with Crippen molar-refractivity contribution in [2.45, 2.75) is 136 Å². The molecule has 2 fully saturated rings. The summed E-state index contributed by atoms with van der Waals surface area (Å²) < 4.78 is -0.995. The van der Waals surface area contributed by atoms with E-state index in [1.54, 1.807) is 0 Å². The molecule has 2 aromatic carbocycles. The molecule has 8 heteroatoms. The van der Waals surface area contributed by atoms with Crippen LogP contribution in [-0.4, -0.2) is 59.4 Å². The molecule has 0 bridgehead atoms. The van der Waals surface area contributed by atoms with Gasteiger partial charge in [0.05, 0.1) is 26.2 Å². The van der Waals surface area contributed by atoms with Crippen LogP contribution < -0.4 is 10.6 Å². The van der Waals surface area contributed by atoms with E-state index < -0.39 is 21.4 Å². The highest BCUT2D eigenvalue weighted by Gasteiger charge is 2.42. The highest BCUT2D eigenvalue weighted by Crippen LogP contribution is 2.36. The summed E-state index contributed by atoms with van der Waals surface area (Å²) in [5.41, 5.74) is 6.11. The summed E-state index contributed by atoms with van der Waals surface area (Å²) in [6, 6.07) is 11.1. The minimum Gasteiger partial charge on any atom is -0.632 e. The Bertz CT molecular complexity index is 1230. The molecular weight excluding hydrogens is 588 g/mol. The molecule has 2 aromatic rings. The van der Waals surface area contributed by atoms with Crippen LogP contribution in [0.15, 0.2) is 36.4 Å². The summed E-state index contributed by atoms with van der Waals surface area (Å²) in [7, 11) is 0. The number of hydrogen-bond donors (Lipinski definition) is 2. The molecule has 0 radical (unpaired) electrons. The van der Waals surface area contributed by atoms with E-state index in [-0.39, 0.29) is 35.5 Å². The van der Waals surface area contributed by atoms with Gasteiger partial charge < -0.3 is 30.3 Å². The molecule has 47 heavy (non-hydrogen) atoms. The van der Waals surface area contributed by atoms with Crippen molar-refractivity contribution >= 4 is 23.2 Å². The van der Waals surface area contributed by atoms with Crippen LogP contribution in [0.3, 0.4) is 0 Å². The van der Waals surface area contributed by atoms with Crippen LogP contribution in [0.25, 0.3) is 0 Å². The van der Waals surface area contributed by atoms with E-state index in [2.05, 4.69) is 90.3 Å². The van der Waals surface area contributed by atoms with Gasteiger partial charge >= 0.3 is 0 Å². The molecule has 2 aliphatic heterocycles. The zero-order valence-corrected chi connectivity index (χ0v) is 30.2. The number of likely N-dealkylation sites (tertiary alicyclic amines) is 2. The molecule has 2 aliphatic rings. The van der Waals surface area contributed by atoms with Crippen molar-refractivity contribution < 1.29 is 18.9 Å². The molecule has 0 aliphatic carbocycles. The molecule has 2 N–H and O–H groups in total. The van der Waals surface area contributed by atoms with Crippen molar-refractivity contribution in [1.82, 2.24) is 0 Å². The normalized spacial score (nSPS) is 24.6. The lowest BCUT2D eigenvalue weighted by atomic mass is 9.92. The number of hydroxylamine groups is 6. The van der Waals surface area contributed by atoms with Crippen LogP contribution in [0.4, 0.5) is 11.4 Å². The topological polar surface area (TPSA) is 104 Å². The SMILES string of the molecule is CC(C)c1cccc(C(C)C)c1NC(=O)[C@@H]1CCC[N@@+]1([O-])CCCCC[N@+]1([O-])CCC[C@H]1C(=O)Nc1c(C(C)C)cccc1C(C)C. The van der Waals surface area contributed by atoms with Gasteiger partial charge in [-0.05, 0) is 65.2 Å². The first kappa shape index (κ1) is 37.0. The highest BCUT2D eigenvalue weighted by molar-refractivity contribution is 5.96. The van der Waals surface area contributed by atoms with E-state index in [1.807, 2.05) is 12.1 Å². The summed E-state index contributed by atoms with van der Waals surface area (Å²) in [5, 5.41) is 34.4. The number of carbonyl (C=O) groups excluding carboxylic acids is 2. The molecule has 0 unspecified atom stereocenters. The van der Waals surface area contributed by atoms with Crippen LogP contribution in [0.5, 0.6) is 0 Å². The minimum absolute atomic E-state index is 0.179. The number of benzene rings is 2. The minimum atomic E-state index is -0.621. The van der Waals surface area contributed by atoms with E-state index in [1.165, 1.54) is 0 Å². The number of nitrogens with one attached hydrogen (secondary N) is 2. The van der Waals surface area contributed by atoms with Crippen LogP contribution in [-0.2, 0) is 9.59 Å². The molecule has 0 saturated carbocycles. The molecule has 2 saturated heterocycles. The van der Waals surface area contributed by atoms with Gasteiger partial charge in [-0.25, -0.2) is 0 Å². The van der Waals surface area contributed by atoms with Crippen molar-refractivity contribution in [2.24, 2.45) is 0 Å². The second kappa shape index (κ2) is 15.6. The van der Waals surface area contributed by atoms with Gasteiger partial charge in [0.25, 0.3) is 11.8 Å². The Balaban J connectivity index is 1.34. The van der Waals surface area contributed by atoms with Crippen LogP contribution >= 0.6 is 0 Å². The molecule has 260 valence electrons. The first-order valence-electron chi connectivity index (χ1n) is 18.2. The number of quaternary nitrogens is 2. The molecule has 2 heterocycles. The quantitative estimate of drug-likeness (QED) is 0.121. The van der Waals surface area contributed by atoms with Gasteiger partial charge in [0.15, 0.2) is 12.1 Å². The number of unbranched alkanes of at least 4 members (excludes halogenated alkanes) is 2. The molecule has 0 aromatic heterocycles. The summed E-state index contributed by atoms with van der Waals surface area (Å²) in [4.78, 5) is 27.2. The van der Waals surface area contributed by atoms with Crippen molar-refractivity contribution in [2.75, 3.05) is 36.8 Å². The third kappa shape index (κ3) is 8.45. The molecule has 4 atom stereocenters. The average Bonchev–Trinajstić information content (AvgIpc) is 3.59. The maximum absolute atomic E-state index is 14.0. The Morgan fingerprint density at radius 3 is 1.23 bits per heavy atom. The Kier molecular flexibility index (Phi) is 12.3. The predicted molar refractivity (Wildman–Crippen MR) is 193 cm³/mol. The van der Waals surface area contributed by atoms with Crippen molar-refractivity contribution in [3.8, 4) is 0 Å². The average molecular weight is 649 g/mol. The monoisotopic (exact) mass is 648 g/mol. The number of carbonyl (C=O) groups is 2. The second-order valence-electron chi connectivity index (χ2n) is 15.4. The maximum atomic E-state index is 14.0. The Morgan fingerprint density at radius 2 is 0.936 bits per heavy atom. The fraction of sp³-hybridized carbons (Fsp3) is 0.641. The number of amides is 2. The number of rotatable bonds is 14. The van der Waals surface area contributed by atoms with E-state index in [0.717, 1.165) is 52.9 Å². The number of nitrogens with zero attached hydrogens (tertiary/aromatic N) is 2. The first-order chi connectivity index (χ1) is 22.2. The first-order valence-corrected chi connectivity index (χ1v) is 18.2. The molecule has 4 rings (SSSR count).